The molecule has 1 N–H and O–H groups in total. The first-order valence-electron chi connectivity index (χ1n) is 8.26. The van der Waals surface area contributed by atoms with Crippen LogP contribution in [0, 0.1) is 0 Å². The molecule has 0 bridgehead atoms. The minimum absolute atomic E-state index is 0.313. The molecule has 1 rings (SSSR count). The molecule has 0 aliphatic heterocycles. The fourth-order valence-corrected chi connectivity index (χ4v) is 2.74. The molecule has 20 heavy (non-hydrogen) atoms. The molecule has 1 atom stereocenters. The lowest BCUT2D eigenvalue weighted by molar-refractivity contribution is 0.389. The molecule has 1 aromatic heterocycles. The zero-order valence-corrected chi connectivity index (χ0v) is 13.8. The third-order valence-corrected chi connectivity index (χ3v) is 3.94. The van der Waals surface area contributed by atoms with Crippen LogP contribution >= 0.6 is 11.6 Å². The molecular weight excluding hydrogens is 270 g/mol. The Hall–Kier alpha value is -0.470. The fraction of sp³-hybridized carbons (Fsp3) is 0.765. The van der Waals surface area contributed by atoms with Crippen LogP contribution in [-0.4, -0.2) is 6.54 Å². The first kappa shape index (κ1) is 17.6. The van der Waals surface area contributed by atoms with Crippen LogP contribution in [0.5, 0.6) is 0 Å². The number of furan rings is 1. The largest absolute Gasteiger partial charge is 0.448 e. The number of nitrogens with one attached hydrogen (secondary N) is 1. The van der Waals surface area contributed by atoms with Crippen LogP contribution in [-0.2, 0) is 0 Å². The first-order valence-corrected chi connectivity index (χ1v) is 8.64. The van der Waals surface area contributed by atoms with E-state index in [1.54, 1.807) is 0 Å². The lowest BCUT2D eigenvalue weighted by Crippen LogP contribution is -2.20. The Morgan fingerprint density at radius 3 is 2.20 bits per heavy atom. The van der Waals surface area contributed by atoms with Crippen molar-refractivity contribution in [3.63, 3.8) is 0 Å². The summed E-state index contributed by atoms with van der Waals surface area (Å²) < 4.78 is 5.52. The summed E-state index contributed by atoms with van der Waals surface area (Å²) in [5.41, 5.74) is 0. The van der Waals surface area contributed by atoms with Crippen molar-refractivity contribution in [2.75, 3.05) is 6.54 Å². The molecule has 116 valence electrons. The van der Waals surface area contributed by atoms with Gasteiger partial charge in [-0.2, -0.15) is 0 Å². The summed E-state index contributed by atoms with van der Waals surface area (Å²) in [6.07, 6.45) is 12.0. The minimum Gasteiger partial charge on any atom is -0.448 e. The second-order valence-electron chi connectivity index (χ2n) is 5.52. The van der Waals surface area contributed by atoms with Crippen molar-refractivity contribution in [2.45, 2.75) is 77.7 Å². The Labute approximate surface area is 129 Å². The molecule has 0 saturated carbocycles. The summed E-state index contributed by atoms with van der Waals surface area (Å²) in [7, 11) is 0. The van der Waals surface area contributed by atoms with Crippen LogP contribution in [0.1, 0.15) is 83.4 Å². The molecule has 2 nitrogen and oxygen atoms in total. The van der Waals surface area contributed by atoms with Gasteiger partial charge in [0.2, 0.25) is 0 Å². The third-order valence-electron chi connectivity index (χ3n) is 3.73. The monoisotopic (exact) mass is 299 g/mol. The molecule has 0 spiro atoms. The van der Waals surface area contributed by atoms with Gasteiger partial charge >= 0.3 is 0 Å². The maximum absolute atomic E-state index is 5.85. The Morgan fingerprint density at radius 1 is 1.00 bits per heavy atom. The summed E-state index contributed by atoms with van der Waals surface area (Å²) in [6, 6.07) is 4.13. The molecule has 0 radical (unpaired) electrons. The fourth-order valence-electron chi connectivity index (χ4n) is 2.59. The number of hydrogen-bond donors (Lipinski definition) is 1. The van der Waals surface area contributed by atoms with Crippen LogP contribution in [0.15, 0.2) is 16.5 Å². The van der Waals surface area contributed by atoms with Gasteiger partial charge in [-0.3, -0.25) is 0 Å². The van der Waals surface area contributed by atoms with Crippen LogP contribution in [0.25, 0.3) is 0 Å². The summed E-state index contributed by atoms with van der Waals surface area (Å²) >= 11 is 5.85. The van der Waals surface area contributed by atoms with E-state index in [1.807, 2.05) is 12.1 Å². The summed E-state index contributed by atoms with van der Waals surface area (Å²) in [5.74, 6) is 0.972. The second-order valence-corrected chi connectivity index (χ2v) is 5.89. The highest BCUT2D eigenvalue weighted by molar-refractivity contribution is 6.28. The zero-order chi connectivity index (χ0) is 14.6. The number of rotatable bonds is 12. The van der Waals surface area contributed by atoms with Gasteiger partial charge in [-0.05, 0) is 36.7 Å². The topological polar surface area (TPSA) is 25.2 Å². The van der Waals surface area contributed by atoms with Gasteiger partial charge in [0.15, 0.2) is 5.22 Å². The Kier molecular flexibility index (Phi) is 9.86. The SMILES string of the molecule is CCCCCCCCCCC(NCC)c1ccc(Cl)o1. The highest BCUT2D eigenvalue weighted by Crippen LogP contribution is 2.24. The van der Waals surface area contributed by atoms with Crippen molar-refractivity contribution in [3.8, 4) is 0 Å². The van der Waals surface area contributed by atoms with Crippen molar-refractivity contribution >= 4 is 11.6 Å². The molecule has 0 fully saturated rings. The van der Waals surface area contributed by atoms with Crippen molar-refractivity contribution in [1.82, 2.24) is 5.32 Å². The summed E-state index contributed by atoms with van der Waals surface area (Å²) in [4.78, 5) is 0. The highest BCUT2D eigenvalue weighted by Gasteiger charge is 2.13. The van der Waals surface area contributed by atoms with Gasteiger partial charge in [-0.25, -0.2) is 0 Å². The quantitative estimate of drug-likeness (QED) is 0.471. The number of unbranched alkanes of at least 4 members (excludes halogenated alkanes) is 7. The Morgan fingerprint density at radius 2 is 1.65 bits per heavy atom. The molecule has 1 unspecified atom stereocenters. The van der Waals surface area contributed by atoms with E-state index in [0.717, 1.165) is 18.7 Å². The molecular formula is C17H30ClNO. The van der Waals surface area contributed by atoms with Crippen molar-refractivity contribution in [3.05, 3.63) is 23.1 Å². The van der Waals surface area contributed by atoms with E-state index in [4.69, 9.17) is 16.0 Å². The first-order chi connectivity index (χ1) is 9.77. The van der Waals surface area contributed by atoms with Gasteiger partial charge in [-0.15, -0.1) is 0 Å². The lowest BCUT2D eigenvalue weighted by atomic mass is 10.0. The molecule has 0 amide bonds. The van der Waals surface area contributed by atoms with Gasteiger partial charge in [-0.1, -0.05) is 65.2 Å². The molecule has 0 aromatic carbocycles. The van der Waals surface area contributed by atoms with Crippen LogP contribution in [0.4, 0.5) is 0 Å². The predicted octanol–water partition coefficient (Wildman–Crippen LogP) is 6.11. The van der Waals surface area contributed by atoms with Gasteiger partial charge in [0.25, 0.3) is 0 Å². The highest BCUT2D eigenvalue weighted by atomic mass is 35.5. The maximum atomic E-state index is 5.85. The van der Waals surface area contributed by atoms with E-state index in [2.05, 4.69) is 19.2 Å². The van der Waals surface area contributed by atoms with Gasteiger partial charge in [0.05, 0.1) is 6.04 Å². The van der Waals surface area contributed by atoms with Crippen LogP contribution in [0.2, 0.25) is 5.22 Å². The van der Waals surface area contributed by atoms with Gasteiger partial charge in [0.1, 0.15) is 5.76 Å². The summed E-state index contributed by atoms with van der Waals surface area (Å²) in [6.45, 7) is 5.35. The van der Waals surface area contributed by atoms with E-state index in [-0.39, 0.29) is 0 Å². The number of halogens is 1. The molecule has 0 aliphatic rings. The van der Waals surface area contributed by atoms with E-state index in [0.29, 0.717) is 11.3 Å². The van der Waals surface area contributed by atoms with Crippen LogP contribution in [0.3, 0.4) is 0 Å². The predicted molar refractivity (Wildman–Crippen MR) is 87.4 cm³/mol. The average molecular weight is 300 g/mol. The van der Waals surface area contributed by atoms with Gasteiger partial charge in [0, 0.05) is 0 Å². The zero-order valence-electron chi connectivity index (χ0n) is 13.1. The Balaban J connectivity index is 2.14. The van der Waals surface area contributed by atoms with E-state index < -0.39 is 0 Å². The third kappa shape index (κ3) is 7.35. The van der Waals surface area contributed by atoms with E-state index >= 15 is 0 Å². The Bertz CT molecular complexity index is 337. The smallest absolute Gasteiger partial charge is 0.193 e. The van der Waals surface area contributed by atoms with Crippen molar-refractivity contribution in [2.24, 2.45) is 0 Å². The molecule has 0 saturated heterocycles. The van der Waals surface area contributed by atoms with Crippen molar-refractivity contribution in [1.29, 1.82) is 0 Å². The minimum atomic E-state index is 0.313. The summed E-state index contributed by atoms with van der Waals surface area (Å²) in [5, 5.41) is 3.96. The normalized spacial score (nSPS) is 12.8. The van der Waals surface area contributed by atoms with Crippen molar-refractivity contribution < 1.29 is 4.42 Å². The average Bonchev–Trinajstić information content (AvgIpc) is 2.87. The number of hydrogen-bond acceptors (Lipinski definition) is 2. The lowest BCUT2D eigenvalue weighted by Gasteiger charge is -2.15. The second kappa shape index (κ2) is 11.2. The molecule has 1 aromatic rings. The molecule has 3 heteroatoms. The maximum Gasteiger partial charge on any atom is 0.193 e. The standard InChI is InChI=1S/C17H30ClNO/c1-3-5-6-7-8-9-10-11-12-15(19-4-2)16-13-14-17(18)20-16/h13-15,19H,3-12H2,1-2H3. The van der Waals surface area contributed by atoms with Crippen LogP contribution < -0.4 is 5.32 Å². The van der Waals surface area contributed by atoms with E-state index in [9.17, 15) is 0 Å². The van der Waals surface area contributed by atoms with Gasteiger partial charge < -0.3 is 9.73 Å². The molecule has 1 heterocycles. The molecule has 0 aliphatic carbocycles. The van der Waals surface area contributed by atoms with E-state index in [1.165, 1.54) is 51.4 Å².